The summed E-state index contributed by atoms with van der Waals surface area (Å²) in [6.07, 6.45) is 3.46. The van der Waals surface area contributed by atoms with Crippen LogP contribution in [0.15, 0.2) is 15.2 Å². The van der Waals surface area contributed by atoms with Gasteiger partial charge in [0.05, 0.1) is 0 Å². The molecule has 0 heterocycles. The number of nitrogens with zero attached hydrogens (tertiary/aromatic N) is 4. The van der Waals surface area contributed by atoms with E-state index in [0.717, 1.165) is 12.8 Å². The molecule has 0 radical (unpaired) electrons. The molecule has 0 N–H and O–H groups in total. The number of aliphatic imine (C=N–C) groups is 1. The minimum Gasteiger partial charge on any atom is -0.459 e. The predicted octanol–water partition coefficient (Wildman–Crippen LogP) is 2.81. The number of ether oxygens (including phenoxy) is 1. The molecule has 0 amide bonds. The molecule has 0 rings (SSSR count). The predicted molar refractivity (Wildman–Crippen MR) is 80.0 cm³/mol. The van der Waals surface area contributed by atoms with Crippen molar-refractivity contribution in [1.82, 2.24) is 4.91 Å². The molecule has 0 aliphatic heterocycles. The largest absolute Gasteiger partial charge is 0.459 e. The van der Waals surface area contributed by atoms with Gasteiger partial charge >= 0.3 is 5.97 Å². The number of esters is 1. The topological polar surface area (TPSA) is 77.5 Å². The van der Waals surface area contributed by atoms with E-state index in [1.807, 2.05) is 20.8 Å². The number of rotatable bonds is 7. The van der Waals surface area contributed by atoms with Crippen molar-refractivity contribution in [2.75, 3.05) is 20.1 Å². The summed E-state index contributed by atoms with van der Waals surface area (Å²) in [5, 5.41) is 7.47. The fraction of sp³-hybridized carbons (Fsp3) is 0.857. The molecule has 20 heavy (non-hydrogen) atoms. The second kappa shape index (κ2) is 8.59. The van der Waals surface area contributed by atoms with Gasteiger partial charge in [-0.15, -0.1) is 0 Å². The van der Waals surface area contributed by atoms with Crippen LogP contribution in [0.1, 0.15) is 47.5 Å². The van der Waals surface area contributed by atoms with Gasteiger partial charge in [-0.2, -0.15) is 0 Å². The molecule has 114 valence electrons. The molecule has 0 aromatic heterocycles. The van der Waals surface area contributed by atoms with Crippen molar-refractivity contribution in [3.05, 3.63) is 0 Å². The summed E-state index contributed by atoms with van der Waals surface area (Å²) in [6, 6.07) is 0. The average Bonchev–Trinajstić information content (AvgIpc) is 2.28. The first-order chi connectivity index (χ1) is 9.16. The Hall–Kier alpha value is -1.55. The Balaban J connectivity index is 4.04. The summed E-state index contributed by atoms with van der Waals surface area (Å²) in [5.41, 5.74) is -0.384. The summed E-state index contributed by atoms with van der Waals surface area (Å²) in [7, 11) is 1.60. The van der Waals surface area contributed by atoms with Gasteiger partial charge < -0.3 is 4.74 Å². The maximum Gasteiger partial charge on any atom is 0.328 e. The smallest absolute Gasteiger partial charge is 0.328 e. The van der Waals surface area contributed by atoms with Crippen molar-refractivity contribution in [2.45, 2.75) is 53.1 Å². The van der Waals surface area contributed by atoms with E-state index in [2.05, 4.69) is 34.0 Å². The zero-order valence-electron chi connectivity index (χ0n) is 13.5. The van der Waals surface area contributed by atoms with Crippen LogP contribution in [0.5, 0.6) is 0 Å². The molecule has 6 nitrogen and oxygen atoms in total. The van der Waals surface area contributed by atoms with Crippen molar-refractivity contribution in [1.29, 1.82) is 0 Å². The van der Waals surface area contributed by atoms with E-state index < -0.39 is 5.60 Å². The molecule has 0 fully saturated rings. The maximum atomic E-state index is 11.5. The van der Waals surface area contributed by atoms with Gasteiger partial charge in [-0.25, -0.2) is 0 Å². The van der Waals surface area contributed by atoms with Gasteiger partial charge in [0, 0.05) is 0 Å². The number of carbonyl (C=O) groups is 1. The number of hydrogen-bond acceptors (Lipinski definition) is 5. The Bertz CT molecular complexity index is 388. The maximum absolute atomic E-state index is 11.5. The van der Waals surface area contributed by atoms with E-state index >= 15 is 0 Å². The van der Waals surface area contributed by atoms with Crippen LogP contribution in [0.25, 0.3) is 0 Å². The highest BCUT2D eigenvalue weighted by Gasteiger charge is 2.18. The van der Waals surface area contributed by atoms with E-state index in [1.54, 1.807) is 13.3 Å². The van der Waals surface area contributed by atoms with Gasteiger partial charge in [0.2, 0.25) is 4.91 Å². The van der Waals surface area contributed by atoms with Crippen molar-refractivity contribution in [3.63, 3.8) is 0 Å². The van der Waals surface area contributed by atoms with Gasteiger partial charge in [-0.1, -0.05) is 13.8 Å². The van der Waals surface area contributed by atoms with E-state index in [1.165, 1.54) is 0 Å². The Morgan fingerprint density at radius 2 is 1.90 bits per heavy atom. The summed E-state index contributed by atoms with van der Waals surface area (Å²) in [5.74, 6) is -0.301. The number of carbonyl (C=O) groups excluding carboxylic acids is 1. The van der Waals surface area contributed by atoms with Gasteiger partial charge in [0.25, 0.3) is 0 Å². The van der Waals surface area contributed by atoms with Crippen LogP contribution in [0, 0.1) is 5.41 Å². The summed E-state index contributed by atoms with van der Waals surface area (Å²) >= 11 is 0. The zero-order chi connectivity index (χ0) is 15.6. The van der Waals surface area contributed by atoms with Crippen LogP contribution >= 0.6 is 0 Å². The van der Waals surface area contributed by atoms with E-state index in [4.69, 9.17) is 4.74 Å². The molecular formula is C14H27N4O2+. The normalized spacial score (nSPS) is 12.1. The van der Waals surface area contributed by atoms with Crippen LogP contribution in [0.3, 0.4) is 0 Å². The minimum atomic E-state index is -0.457. The molecule has 0 aliphatic rings. The fourth-order valence-electron chi connectivity index (χ4n) is 1.39. The van der Waals surface area contributed by atoms with Crippen LogP contribution in [0.4, 0.5) is 0 Å². The Kier molecular flexibility index (Phi) is 7.92. The second-order valence-corrected chi connectivity index (χ2v) is 6.38. The minimum absolute atomic E-state index is 0.0712. The first-order valence-corrected chi connectivity index (χ1v) is 6.82. The lowest BCUT2D eigenvalue weighted by molar-refractivity contribution is -0.152. The lowest BCUT2D eigenvalue weighted by atomic mass is 9.86. The van der Waals surface area contributed by atoms with Gasteiger partial charge in [0.15, 0.2) is 0 Å². The molecule has 0 atom stereocenters. The SMILES string of the molecule is CN=[N+]=NCCC(C)(C)CC=NCC(=O)OC(C)(C)C. The second-order valence-electron chi connectivity index (χ2n) is 6.38. The van der Waals surface area contributed by atoms with Crippen LogP contribution in [0.2, 0.25) is 0 Å². The lowest BCUT2D eigenvalue weighted by Crippen LogP contribution is -2.25. The fourth-order valence-corrected chi connectivity index (χ4v) is 1.39. The molecule has 0 aromatic rings. The molecule has 0 aromatic carbocycles. The van der Waals surface area contributed by atoms with Gasteiger partial charge in [-0.3, -0.25) is 9.79 Å². The third-order valence-corrected chi connectivity index (χ3v) is 2.45. The molecule has 0 bridgehead atoms. The molecular weight excluding hydrogens is 256 g/mol. The highest BCUT2D eigenvalue weighted by atomic mass is 16.6. The molecule has 0 saturated heterocycles. The Labute approximate surface area is 121 Å². The van der Waals surface area contributed by atoms with E-state index in [0.29, 0.717) is 6.54 Å². The first-order valence-electron chi connectivity index (χ1n) is 6.82. The third kappa shape index (κ3) is 11.5. The number of hydrogen-bond donors (Lipinski definition) is 0. The molecule has 0 aliphatic carbocycles. The molecule has 6 heteroatoms. The van der Waals surface area contributed by atoms with Crippen molar-refractivity contribution in [2.24, 2.45) is 20.6 Å². The monoisotopic (exact) mass is 283 g/mol. The highest BCUT2D eigenvalue weighted by molar-refractivity contribution is 5.74. The summed E-state index contributed by atoms with van der Waals surface area (Å²) < 4.78 is 5.17. The van der Waals surface area contributed by atoms with Gasteiger partial charge in [0.1, 0.15) is 36.0 Å². The Morgan fingerprint density at radius 1 is 1.25 bits per heavy atom. The summed E-state index contributed by atoms with van der Waals surface area (Å²) in [6.45, 7) is 10.5. The van der Waals surface area contributed by atoms with E-state index in [-0.39, 0.29) is 17.9 Å². The third-order valence-electron chi connectivity index (χ3n) is 2.45. The zero-order valence-corrected chi connectivity index (χ0v) is 13.5. The lowest BCUT2D eigenvalue weighted by Gasteiger charge is -2.20. The van der Waals surface area contributed by atoms with Crippen LogP contribution < -0.4 is 4.91 Å². The van der Waals surface area contributed by atoms with Crippen molar-refractivity contribution in [3.8, 4) is 0 Å². The molecule has 0 saturated carbocycles. The molecule has 0 spiro atoms. The Morgan fingerprint density at radius 3 is 2.45 bits per heavy atom. The average molecular weight is 283 g/mol. The van der Waals surface area contributed by atoms with E-state index in [9.17, 15) is 4.79 Å². The quantitative estimate of drug-likeness (QED) is 0.312. The molecule has 0 unspecified atom stereocenters. The van der Waals surface area contributed by atoms with Crippen molar-refractivity contribution >= 4 is 12.2 Å². The summed E-state index contributed by atoms with van der Waals surface area (Å²) in [4.78, 5) is 19.2. The van der Waals surface area contributed by atoms with Crippen LogP contribution in [-0.4, -0.2) is 37.9 Å². The standard InChI is InChI=1S/C14H27N4O2/c1-13(2,3)20-12(19)11-16-9-7-14(4,5)8-10-17-18-15-6/h9H,7-8,10-11H2,1-6H3/q+1. The van der Waals surface area contributed by atoms with Crippen molar-refractivity contribution < 1.29 is 9.53 Å². The first kappa shape index (κ1) is 18.4. The van der Waals surface area contributed by atoms with Crippen LogP contribution in [-0.2, 0) is 9.53 Å². The highest BCUT2D eigenvalue weighted by Crippen LogP contribution is 2.23. The van der Waals surface area contributed by atoms with Gasteiger partial charge in [-0.05, 0) is 45.2 Å².